The highest BCUT2D eigenvalue weighted by atomic mass is 35.5. The Balaban J connectivity index is 1.74. The number of fused-ring (bicyclic) bond motifs is 1. The van der Waals surface area contributed by atoms with E-state index in [1.54, 1.807) is 6.20 Å². The maximum atomic E-state index is 5.93. The largest absolute Gasteiger partial charge is 0.380 e. The van der Waals surface area contributed by atoms with Crippen LogP contribution >= 0.6 is 11.6 Å². The highest BCUT2D eigenvalue weighted by molar-refractivity contribution is 6.30. The zero-order valence-electron chi connectivity index (χ0n) is 10.3. The molecule has 0 saturated carbocycles. The van der Waals surface area contributed by atoms with Crippen LogP contribution in [0.25, 0.3) is 0 Å². The molecule has 1 aliphatic carbocycles. The minimum absolute atomic E-state index is 0.463. The molecule has 0 fully saturated rings. The molecule has 0 bridgehead atoms. The van der Waals surface area contributed by atoms with Crippen molar-refractivity contribution in [2.75, 3.05) is 5.32 Å². The van der Waals surface area contributed by atoms with Crippen molar-refractivity contribution in [1.29, 1.82) is 0 Å². The number of benzene rings is 1. The zero-order valence-corrected chi connectivity index (χ0v) is 11.0. The van der Waals surface area contributed by atoms with Gasteiger partial charge in [0.2, 0.25) is 0 Å². The van der Waals surface area contributed by atoms with E-state index >= 15 is 0 Å². The predicted octanol–water partition coefficient (Wildman–Crippen LogP) is 3.62. The van der Waals surface area contributed by atoms with Crippen LogP contribution in [-0.2, 0) is 12.8 Å². The summed E-state index contributed by atoms with van der Waals surface area (Å²) < 4.78 is 0. The molecule has 1 N–H and O–H groups in total. The molecule has 0 aliphatic heterocycles. The fourth-order valence-electron chi connectivity index (χ4n) is 2.53. The van der Waals surface area contributed by atoms with E-state index in [4.69, 9.17) is 11.6 Å². The number of halogens is 1. The Bertz CT molecular complexity index is 555. The molecule has 1 heterocycles. The second-order valence-electron chi connectivity index (χ2n) is 4.85. The molecule has 0 saturated heterocycles. The fourth-order valence-corrected chi connectivity index (χ4v) is 2.64. The normalized spacial score (nSPS) is 14.6. The van der Waals surface area contributed by atoms with E-state index in [-0.39, 0.29) is 0 Å². The molecule has 0 radical (unpaired) electrons. The smallest absolute Gasteiger partial charge is 0.132 e. The van der Waals surface area contributed by atoms with Gasteiger partial charge in [-0.15, -0.1) is 0 Å². The maximum absolute atomic E-state index is 5.93. The predicted molar refractivity (Wildman–Crippen MR) is 75.2 cm³/mol. The first-order valence-electron chi connectivity index (χ1n) is 6.18. The number of pyridine rings is 1. The molecule has 3 heteroatoms. The van der Waals surface area contributed by atoms with Crippen LogP contribution in [0.5, 0.6) is 0 Å². The summed E-state index contributed by atoms with van der Waals surface area (Å²) in [5, 5.41) is 4.11. The Morgan fingerprint density at radius 2 is 1.89 bits per heavy atom. The zero-order chi connectivity index (χ0) is 12.5. The molecule has 1 aliphatic rings. The first kappa shape index (κ1) is 11.5. The molecule has 1 aromatic carbocycles. The van der Waals surface area contributed by atoms with E-state index in [1.165, 1.54) is 11.1 Å². The van der Waals surface area contributed by atoms with Crippen molar-refractivity contribution in [2.24, 2.45) is 0 Å². The molecule has 2 aromatic rings. The van der Waals surface area contributed by atoms with Gasteiger partial charge in [-0.25, -0.2) is 4.98 Å². The molecule has 0 amide bonds. The van der Waals surface area contributed by atoms with Crippen molar-refractivity contribution in [3.05, 3.63) is 58.4 Å². The molecular weight excluding hydrogens is 244 g/mol. The molecule has 0 atom stereocenters. The molecule has 0 spiro atoms. The number of nitrogens with one attached hydrogen (secondary N) is 1. The van der Waals surface area contributed by atoms with E-state index in [0.29, 0.717) is 11.2 Å². The summed E-state index contributed by atoms with van der Waals surface area (Å²) in [6.45, 7) is 1.98. The van der Waals surface area contributed by atoms with Gasteiger partial charge in [0.05, 0.1) is 11.9 Å². The number of nitrogens with zero attached hydrogens (tertiary/aromatic N) is 1. The number of aryl methyl sites for hydroxylation is 1. The van der Waals surface area contributed by atoms with Gasteiger partial charge in [-0.1, -0.05) is 35.9 Å². The lowest BCUT2D eigenvalue weighted by molar-refractivity contribution is 0.773. The molecule has 2 nitrogen and oxygen atoms in total. The minimum Gasteiger partial charge on any atom is -0.380 e. The van der Waals surface area contributed by atoms with E-state index in [2.05, 4.69) is 40.6 Å². The van der Waals surface area contributed by atoms with Crippen LogP contribution in [0.4, 0.5) is 5.69 Å². The van der Waals surface area contributed by atoms with E-state index in [0.717, 1.165) is 24.1 Å². The van der Waals surface area contributed by atoms with Gasteiger partial charge in [0.25, 0.3) is 0 Å². The summed E-state index contributed by atoms with van der Waals surface area (Å²) in [6, 6.07) is 11.2. The molecule has 1 aromatic heterocycles. The highest BCUT2D eigenvalue weighted by Gasteiger charge is 2.20. The number of hydrogen-bond donors (Lipinski definition) is 1. The second kappa shape index (κ2) is 4.62. The van der Waals surface area contributed by atoms with Crippen LogP contribution in [0.1, 0.15) is 16.7 Å². The Morgan fingerprint density at radius 3 is 2.50 bits per heavy atom. The third-order valence-corrected chi connectivity index (χ3v) is 3.83. The van der Waals surface area contributed by atoms with Gasteiger partial charge < -0.3 is 5.32 Å². The summed E-state index contributed by atoms with van der Waals surface area (Å²) in [5.41, 5.74) is 4.97. The molecule has 92 valence electrons. The van der Waals surface area contributed by atoms with Crippen molar-refractivity contribution < 1.29 is 0 Å². The van der Waals surface area contributed by atoms with Crippen molar-refractivity contribution in [3.63, 3.8) is 0 Å². The van der Waals surface area contributed by atoms with Crippen molar-refractivity contribution in [1.82, 2.24) is 4.98 Å². The number of anilines is 1. The van der Waals surface area contributed by atoms with E-state index < -0.39 is 0 Å². The van der Waals surface area contributed by atoms with Crippen LogP contribution < -0.4 is 5.32 Å². The Labute approximate surface area is 112 Å². The second-order valence-corrected chi connectivity index (χ2v) is 5.21. The van der Waals surface area contributed by atoms with Crippen LogP contribution in [0.3, 0.4) is 0 Å². The Morgan fingerprint density at radius 1 is 1.22 bits per heavy atom. The van der Waals surface area contributed by atoms with Gasteiger partial charge in [-0.3, -0.25) is 0 Å². The third-order valence-electron chi connectivity index (χ3n) is 3.44. The highest BCUT2D eigenvalue weighted by Crippen LogP contribution is 2.25. The van der Waals surface area contributed by atoms with Crippen LogP contribution in [0.2, 0.25) is 5.15 Å². The van der Waals surface area contributed by atoms with Crippen LogP contribution in [0, 0.1) is 6.92 Å². The Hall–Kier alpha value is -1.54. The molecule has 0 unspecified atom stereocenters. The Kier molecular flexibility index (Phi) is 2.96. The van der Waals surface area contributed by atoms with Gasteiger partial charge in [0.1, 0.15) is 5.15 Å². The summed E-state index contributed by atoms with van der Waals surface area (Å²) in [7, 11) is 0. The first-order valence-corrected chi connectivity index (χ1v) is 6.55. The monoisotopic (exact) mass is 258 g/mol. The van der Waals surface area contributed by atoms with Crippen molar-refractivity contribution in [2.45, 2.75) is 25.8 Å². The van der Waals surface area contributed by atoms with Gasteiger partial charge >= 0.3 is 0 Å². The summed E-state index contributed by atoms with van der Waals surface area (Å²) >= 11 is 5.93. The lowest BCUT2D eigenvalue weighted by Gasteiger charge is -2.13. The SMILES string of the molecule is Cc1cc(NC2Cc3ccccc3C2)cnc1Cl. The summed E-state index contributed by atoms with van der Waals surface area (Å²) in [6.07, 6.45) is 3.97. The van der Waals surface area contributed by atoms with Crippen molar-refractivity contribution >= 4 is 17.3 Å². The van der Waals surface area contributed by atoms with Gasteiger partial charge in [-0.2, -0.15) is 0 Å². The average Bonchev–Trinajstić information content (AvgIpc) is 2.76. The lowest BCUT2D eigenvalue weighted by Crippen LogP contribution is -2.19. The number of hydrogen-bond acceptors (Lipinski definition) is 2. The summed E-state index contributed by atoms with van der Waals surface area (Å²) in [4.78, 5) is 4.17. The van der Waals surface area contributed by atoms with Crippen LogP contribution in [-0.4, -0.2) is 11.0 Å². The van der Waals surface area contributed by atoms with E-state index in [9.17, 15) is 0 Å². The first-order chi connectivity index (χ1) is 8.72. The summed E-state index contributed by atoms with van der Waals surface area (Å²) in [5.74, 6) is 0. The topological polar surface area (TPSA) is 24.9 Å². The van der Waals surface area contributed by atoms with Gasteiger partial charge in [-0.05, 0) is 42.5 Å². The van der Waals surface area contributed by atoms with E-state index in [1.807, 2.05) is 6.92 Å². The minimum atomic E-state index is 0.463. The maximum Gasteiger partial charge on any atom is 0.132 e. The van der Waals surface area contributed by atoms with Crippen LogP contribution in [0.15, 0.2) is 36.5 Å². The number of rotatable bonds is 2. The quantitative estimate of drug-likeness (QED) is 0.833. The van der Waals surface area contributed by atoms with Gasteiger partial charge in [0, 0.05) is 6.04 Å². The molecule has 18 heavy (non-hydrogen) atoms. The molecular formula is C15H15ClN2. The van der Waals surface area contributed by atoms with Crippen molar-refractivity contribution in [3.8, 4) is 0 Å². The number of aromatic nitrogens is 1. The molecule has 3 rings (SSSR count). The fraction of sp³-hybridized carbons (Fsp3) is 0.267. The average molecular weight is 259 g/mol. The van der Waals surface area contributed by atoms with Gasteiger partial charge in [0.15, 0.2) is 0 Å². The lowest BCUT2D eigenvalue weighted by atomic mass is 10.1. The standard InChI is InChI=1S/C15H15ClN2/c1-10-6-14(9-17-15(10)16)18-13-7-11-4-2-3-5-12(11)8-13/h2-6,9,13,18H,7-8H2,1H3. The third kappa shape index (κ3) is 2.21.